The van der Waals surface area contributed by atoms with Crippen molar-refractivity contribution >= 4 is 12.4 Å². The van der Waals surface area contributed by atoms with Crippen LogP contribution in [0.1, 0.15) is 23.6 Å². The van der Waals surface area contributed by atoms with E-state index in [1.54, 1.807) is 0 Å². The Hall–Kier alpha value is -1.62. The average Bonchev–Trinajstić information content (AvgIpc) is 2.66. The van der Waals surface area contributed by atoms with Gasteiger partial charge in [0.05, 0.1) is 6.67 Å². The van der Waals surface area contributed by atoms with Crippen molar-refractivity contribution in [2.75, 3.05) is 32.9 Å². The third-order valence-electron chi connectivity index (χ3n) is 4.49. The molecule has 1 atom stereocenters. The largest absolute Gasteiger partial charge is 0.489 e. The van der Waals surface area contributed by atoms with E-state index in [1.807, 2.05) is 30.3 Å². The molecule has 0 spiro atoms. The van der Waals surface area contributed by atoms with E-state index in [1.165, 1.54) is 5.56 Å². The fraction of sp³-hybridized carbons (Fsp3) is 0.400. The molecule has 0 aromatic heterocycles. The molecular weight excluding hydrogens is 339 g/mol. The molecule has 1 aliphatic heterocycles. The summed E-state index contributed by atoms with van der Waals surface area (Å²) >= 11 is 0. The quantitative estimate of drug-likeness (QED) is 0.803. The number of hydrogen-bond donors (Lipinski definition) is 1. The van der Waals surface area contributed by atoms with Crippen LogP contribution < -0.4 is 10.1 Å². The molecule has 136 valence electrons. The van der Waals surface area contributed by atoms with Crippen LogP contribution in [-0.4, -0.2) is 37.8 Å². The summed E-state index contributed by atoms with van der Waals surface area (Å²) in [4.78, 5) is 2.37. The van der Waals surface area contributed by atoms with Gasteiger partial charge in [0.25, 0.3) is 0 Å². The van der Waals surface area contributed by atoms with E-state index in [0.29, 0.717) is 13.0 Å². The number of benzene rings is 2. The van der Waals surface area contributed by atoms with Crippen molar-refractivity contribution in [3.63, 3.8) is 0 Å². The van der Waals surface area contributed by atoms with E-state index in [-0.39, 0.29) is 25.1 Å². The highest BCUT2D eigenvalue weighted by atomic mass is 35.5. The first-order valence-corrected chi connectivity index (χ1v) is 8.64. The topological polar surface area (TPSA) is 24.5 Å². The number of piperazine rings is 1. The Bertz CT molecular complexity index is 603. The summed E-state index contributed by atoms with van der Waals surface area (Å²) in [5.74, 6) is 0.849. The second-order valence-electron chi connectivity index (χ2n) is 6.12. The highest BCUT2D eigenvalue weighted by Gasteiger charge is 2.21. The second-order valence-corrected chi connectivity index (χ2v) is 6.12. The van der Waals surface area contributed by atoms with Gasteiger partial charge in [-0.25, -0.2) is 0 Å². The zero-order valence-electron chi connectivity index (χ0n) is 14.4. The first kappa shape index (κ1) is 19.7. The monoisotopic (exact) mass is 364 g/mol. The Morgan fingerprint density at radius 2 is 1.68 bits per heavy atom. The van der Waals surface area contributed by atoms with Gasteiger partial charge in [0.15, 0.2) is 0 Å². The third kappa shape index (κ3) is 5.70. The third-order valence-corrected chi connectivity index (χ3v) is 4.49. The lowest BCUT2D eigenvalue weighted by molar-refractivity contribution is 0.157. The molecular formula is C20H26ClFN2O. The molecule has 1 saturated heterocycles. The van der Waals surface area contributed by atoms with Gasteiger partial charge < -0.3 is 10.1 Å². The molecule has 1 fully saturated rings. The molecule has 25 heavy (non-hydrogen) atoms. The maximum Gasteiger partial charge on any atom is 0.119 e. The summed E-state index contributed by atoms with van der Waals surface area (Å²) in [5.41, 5.74) is 2.32. The summed E-state index contributed by atoms with van der Waals surface area (Å²) in [5, 5.41) is 3.35. The van der Waals surface area contributed by atoms with Gasteiger partial charge in [-0.2, -0.15) is 0 Å². The second kappa shape index (κ2) is 10.4. The van der Waals surface area contributed by atoms with Crippen molar-refractivity contribution in [3.05, 3.63) is 65.7 Å². The average molecular weight is 365 g/mol. The Balaban J connectivity index is 0.00000225. The molecule has 3 nitrogen and oxygen atoms in total. The lowest BCUT2D eigenvalue weighted by Crippen LogP contribution is -2.45. The van der Waals surface area contributed by atoms with Crippen LogP contribution in [0.5, 0.6) is 5.75 Å². The smallest absolute Gasteiger partial charge is 0.119 e. The van der Waals surface area contributed by atoms with E-state index >= 15 is 0 Å². The van der Waals surface area contributed by atoms with Gasteiger partial charge in [0, 0.05) is 32.2 Å². The molecule has 1 N–H and O–H groups in total. The molecule has 0 radical (unpaired) electrons. The van der Waals surface area contributed by atoms with E-state index in [4.69, 9.17) is 4.74 Å². The maximum atomic E-state index is 13.0. The van der Waals surface area contributed by atoms with Crippen LogP contribution in [0, 0.1) is 0 Å². The molecule has 0 bridgehead atoms. The predicted octanol–water partition coefficient (Wildman–Crippen LogP) is 3.99. The van der Waals surface area contributed by atoms with E-state index in [2.05, 4.69) is 34.5 Å². The van der Waals surface area contributed by atoms with Crippen LogP contribution in [0.2, 0.25) is 0 Å². The lowest BCUT2D eigenvalue weighted by Gasteiger charge is -2.35. The van der Waals surface area contributed by atoms with Crippen molar-refractivity contribution in [3.8, 4) is 5.75 Å². The van der Waals surface area contributed by atoms with Crippen LogP contribution in [-0.2, 0) is 6.61 Å². The lowest BCUT2D eigenvalue weighted by atomic mass is 10.0. The first-order valence-electron chi connectivity index (χ1n) is 8.64. The fourth-order valence-electron chi connectivity index (χ4n) is 3.18. The number of nitrogens with zero attached hydrogens (tertiary/aromatic N) is 1. The summed E-state index contributed by atoms with van der Waals surface area (Å²) in [7, 11) is 0. The van der Waals surface area contributed by atoms with Gasteiger partial charge in [-0.05, 0) is 29.7 Å². The Morgan fingerprint density at radius 3 is 2.32 bits per heavy atom. The normalized spacial score (nSPS) is 16.0. The van der Waals surface area contributed by atoms with E-state index in [9.17, 15) is 4.39 Å². The molecule has 0 unspecified atom stereocenters. The SMILES string of the molecule is Cl.FCC[C@@H](c1ccc(OCc2ccccc2)cc1)N1CCNCC1. The molecule has 0 amide bonds. The van der Waals surface area contributed by atoms with Gasteiger partial charge in [-0.3, -0.25) is 9.29 Å². The van der Waals surface area contributed by atoms with Crippen molar-refractivity contribution in [2.24, 2.45) is 0 Å². The van der Waals surface area contributed by atoms with Crippen LogP contribution in [0.3, 0.4) is 0 Å². The van der Waals surface area contributed by atoms with Crippen molar-refractivity contribution in [2.45, 2.75) is 19.1 Å². The molecule has 5 heteroatoms. The Labute approximate surface area is 155 Å². The summed E-state index contributed by atoms with van der Waals surface area (Å²) in [6, 6.07) is 18.4. The van der Waals surface area contributed by atoms with Gasteiger partial charge in [0.2, 0.25) is 0 Å². The number of hydrogen-bond acceptors (Lipinski definition) is 3. The maximum absolute atomic E-state index is 13.0. The van der Waals surface area contributed by atoms with Crippen LogP contribution in [0.15, 0.2) is 54.6 Å². The molecule has 0 saturated carbocycles. The number of rotatable bonds is 7. The summed E-state index contributed by atoms with van der Waals surface area (Å²) in [6.45, 7) is 4.16. The number of alkyl halides is 1. The van der Waals surface area contributed by atoms with Crippen LogP contribution in [0.4, 0.5) is 4.39 Å². The number of ether oxygens (including phenoxy) is 1. The minimum absolute atomic E-state index is 0. The van der Waals surface area contributed by atoms with Crippen molar-refractivity contribution in [1.29, 1.82) is 0 Å². The van der Waals surface area contributed by atoms with Gasteiger partial charge in [0.1, 0.15) is 12.4 Å². The predicted molar refractivity (Wildman–Crippen MR) is 102 cm³/mol. The van der Waals surface area contributed by atoms with Crippen molar-refractivity contribution in [1.82, 2.24) is 10.2 Å². The van der Waals surface area contributed by atoms with E-state index < -0.39 is 0 Å². The number of halogens is 2. The Kier molecular flexibility index (Phi) is 8.19. The molecule has 2 aromatic rings. The summed E-state index contributed by atoms with van der Waals surface area (Å²) < 4.78 is 18.8. The zero-order valence-corrected chi connectivity index (χ0v) is 15.2. The summed E-state index contributed by atoms with van der Waals surface area (Å²) in [6.07, 6.45) is 0.546. The molecule has 0 aliphatic carbocycles. The van der Waals surface area contributed by atoms with Gasteiger partial charge in [-0.15, -0.1) is 12.4 Å². The van der Waals surface area contributed by atoms with Crippen LogP contribution in [0.25, 0.3) is 0 Å². The van der Waals surface area contributed by atoms with Gasteiger partial charge >= 0.3 is 0 Å². The molecule has 1 heterocycles. The standard InChI is InChI=1S/C20H25FN2O.ClH/c21-11-10-20(23-14-12-22-13-15-23)18-6-8-19(9-7-18)24-16-17-4-2-1-3-5-17;/h1-9,20,22H,10-16H2;1H/t20-;/m0./s1. The molecule has 2 aromatic carbocycles. The molecule has 3 rings (SSSR count). The minimum atomic E-state index is -0.291. The highest BCUT2D eigenvalue weighted by molar-refractivity contribution is 5.85. The molecule has 1 aliphatic rings. The highest BCUT2D eigenvalue weighted by Crippen LogP contribution is 2.27. The first-order chi connectivity index (χ1) is 11.9. The van der Waals surface area contributed by atoms with Crippen LogP contribution >= 0.6 is 12.4 Å². The number of nitrogens with one attached hydrogen (secondary N) is 1. The Morgan fingerprint density at radius 1 is 1.00 bits per heavy atom. The minimum Gasteiger partial charge on any atom is -0.489 e. The van der Waals surface area contributed by atoms with Crippen molar-refractivity contribution < 1.29 is 9.13 Å². The van der Waals surface area contributed by atoms with E-state index in [0.717, 1.165) is 37.5 Å². The zero-order chi connectivity index (χ0) is 16.6. The fourth-order valence-corrected chi connectivity index (χ4v) is 3.18. The van der Waals surface area contributed by atoms with Gasteiger partial charge in [-0.1, -0.05) is 42.5 Å².